The number of nitrogens with zero attached hydrogens (tertiary/aromatic N) is 5. The molecule has 3 aliphatic heterocycles. The van der Waals surface area contributed by atoms with Gasteiger partial charge < -0.3 is 19.9 Å². The highest BCUT2D eigenvalue weighted by molar-refractivity contribution is 8.14. The van der Waals surface area contributed by atoms with Crippen molar-refractivity contribution in [2.75, 3.05) is 57.1 Å². The van der Waals surface area contributed by atoms with Gasteiger partial charge in [-0.25, -0.2) is 9.89 Å². The second kappa shape index (κ2) is 13.1. The van der Waals surface area contributed by atoms with E-state index < -0.39 is 6.04 Å². The smallest absolute Gasteiger partial charge is 0.259 e. The zero-order valence-electron chi connectivity index (χ0n) is 22.6. The lowest BCUT2D eigenvalue weighted by atomic mass is 10.1. The first-order valence-corrected chi connectivity index (χ1v) is 14.6. The molecule has 0 aromatic heterocycles. The number of para-hydroxylation sites is 2. The SMILES string of the molecule is COCCCNC(=O)CSC1=Nc2ccccc2C2=NC(CCC(=O)N3CCN(c4ccccc4)CC3)C(=O)N12. The number of rotatable bonds is 10. The number of benzene rings is 2. The van der Waals surface area contributed by atoms with Crippen LogP contribution in [0.2, 0.25) is 0 Å². The normalized spacial score (nSPS) is 18.2. The predicted molar refractivity (Wildman–Crippen MR) is 157 cm³/mol. The summed E-state index contributed by atoms with van der Waals surface area (Å²) in [6.45, 7) is 3.97. The van der Waals surface area contributed by atoms with Gasteiger partial charge in [0.2, 0.25) is 11.8 Å². The Morgan fingerprint density at radius 2 is 1.80 bits per heavy atom. The van der Waals surface area contributed by atoms with Crippen molar-refractivity contribution in [2.45, 2.75) is 25.3 Å². The number of carbonyl (C=O) groups is 3. The number of amidine groups is 2. The van der Waals surface area contributed by atoms with Crippen LogP contribution < -0.4 is 10.2 Å². The van der Waals surface area contributed by atoms with Crippen LogP contribution in [0.15, 0.2) is 64.6 Å². The first-order valence-electron chi connectivity index (χ1n) is 13.6. The molecule has 3 heterocycles. The van der Waals surface area contributed by atoms with Crippen molar-refractivity contribution >= 4 is 51.9 Å². The van der Waals surface area contributed by atoms with E-state index >= 15 is 0 Å². The van der Waals surface area contributed by atoms with Crippen LogP contribution >= 0.6 is 11.8 Å². The molecule has 2 aromatic carbocycles. The Morgan fingerprint density at radius 3 is 2.58 bits per heavy atom. The van der Waals surface area contributed by atoms with Gasteiger partial charge in [-0.05, 0) is 37.1 Å². The van der Waals surface area contributed by atoms with Crippen LogP contribution in [0.25, 0.3) is 0 Å². The van der Waals surface area contributed by atoms with E-state index in [0.29, 0.717) is 49.4 Å². The van der Waals surface area contributed by atoms with Gasteiger partial charge in [0.05, 0.1) is 11.4 Å². The molecule has 40 heavy (non-hydrogen) atoms. The summed E-state index contributed by atoms with van der Waals surface area (Å²) in [6, 6.07) is 17.1. The number of piperazine rings is 1. The van der Waals surface area contributed by atoms with Gasteiger partial charge in [-0.3, -0.25) is 19.4 Å². The topological polar surface area (TPSA) is 107 Å². The van der Waals surface area contributed by atoms with Gasteiger partial charge >= 0.3 is 0 Å². The summed E-state index contributed by atoms with van der Waals surface area (Å²) in [4.78, 5) is 54.0. The molecule has 11 heteroatoms. The fourth-order valence-electron chi connectivity index (χ4n) is 4.98. The molecule has 1 atom stereocenters. The summed E-state index contributed by atoms with van der Waals surface area (Å²) in [5.74, 6) is 0.357. The molecule has 3 aliphatic rings. The second-order valence-electron chi connectivity index (χ2n) is 9.78. The minimum atomic E-state index is -0.663. The molecule has 0 radical (unpaired) electrons. The van der Waals surface area contributed by atoms with Gasteiger partial charge in [-0.15, -0.1) is 0 Å². The van der Waals surface area contributed by atoms with Crippen molar-refractivity contribution < 1.29 is 19.1 Å². The zero-order chi connectivity index (χ0) is 27.9. The number of fused-ring (bicyclic) bond motifs is 3. The lowest BCUT2D eigenvalue weighted by Crippen LogP contribution is -2.49. The van der Waals surface area contributed by atoms with Gasteiger partial charge in [0.25, 0.3) is 5.91 Å². The van der Waals surface area contributed by atoms with Gasteiger partial charge in [0.1, 0.15) is 11.9 Å². The Labute approximate surface area is 238 Å². The number of carbonyl (C=O) groups excluding carboxylic acids is 3. The maximum absolute atomic E-state index is 13.5. The molecular weight excluding hydrogens is 528 g/mol. The molecule has 10 nitrogen and oxygen atoms in total. The first kappa shape index (κ1) is 27.9. The Morgan fingerprint density at radius 1 is 1.05 bits per heavy atom. The number of anilines is 1. The van der Waals surface area contributed by atoms with Gasteiger partial charge in [0.15, 0.2) is 5.17 Å². The van der Waals surface area contributed by atoms with Gasteiger partial charge in [0, 0.05) is 64.1 Å². The van der Waals surface area contributed by atoms with E-state index in [1.165, 1.54) is 16.7 Å². The third kappa shape index (κ3) is 6.37. The maximum atomic E-state index is 13.5. The monoisotopic (exact) mass is 562 g/mol. The average molecular weight is 563 g/mol. The van der Waals surface area contributed by atoms with E-state index in [0.717, 1.165) is 30.8 Å². The average Bonchev–Trinajstić information content (AvgIpc) is 3.33. The van der Waals surface area contributed by atoms with Crippen LogP contribution in [0.3, 0.4) is 0 Å². The summed E-state index contributed by atoms with van der Waals surface area (Å²) in [5, 5.41) is 3.29. The summed E-state index contributed by atoms with van der Waals surface area (Å²) in [6.07, 6.45) is 1.31. The molecule has 3 amide bonds. The highest BCUT2D eigenvalue weighted by atomic mass is 32.2. The summed E-state index contributed by atoms with van der Waals surface area (Å²) >= 11 is 1.21. The molecule has 0 saturated carbocycles. The third-order valence-corrected chi connectivity index (χ3v) is 8.05. The van der Waals surface area contributed by atoms with Gasteiger partial charge in [-0.1, -0.05) is 42.1 Å². The van der Waals surface area contributed by atoms with E-state index in [1.807, 2.05) is 47.4 Å². The molecule has 1 fully saturated rings. The largest absolute Gasteiger partial charge is 0.385 e. The Bertz CT molecular complexity index is 1290. The minimum absolute atomic E-state index is 0.0411. The van der Waals surface area contributed by atoms with Crippen LogP contribution in [0.5, 0.6) is 0 Å². The lowest BCUT2D eigenvalue weighted by molar-refractivity contribution is -0.132. The van der Waals surface area contributed by atoms with Crippen molar-refractivity contribution in [3.63, 3.8) is 0 Å². The van der Waals surface area contributed by atoms with Crippen molar-refractivity contribution in [1.82, 2.24) is 15.1 Å². The molecule has 1 saturated heterocycles. The molecule has 0 aliphatic carbocycles. The van der Waals surface area contributed by atoms with E-state index in [-0.39, 0.29) is 29.9 Å². The fourth-order valence-corrected chi connectivity index (χ4v) is 5.81. The first-order chi connectivity index (χ1) is 19.5. The zero-order valence-corrected chi connectivity index (χ0v) is 23.4. The molecule has 0 bridgehead atoms. The Balaban J connectivity index is 1.19. The van der Waals surface area contributed by atoms with Crippen molar-refractivity contribution in [1.29, 1.82) is 0 Å². The highest BCUT2D eigenvalue weighted by Gasteiger charge is 2.41. The molecule has 5 rings (SSSR count). The van der Waals surface area contributed by atoms with Crippen LogP contribution in [0.1, 0.15) is 24.8 Å². The second-order valence-corrected chi connectivity index (χ2v) is 10.7. The number of ether oxygens (including phenoxy) is 1. The molecular formula is C29H34N6O4S. The van der Waals surface area contributed by atoms with Crippen molar-refractivity contribution in [2.24, 2.45) is 9.98 Å². The predicted octanol–water partition coefficient (Wildman–Crippen LogP) is 2.66. The van der Waals surface area contributed by atoms with Crippen molar-refractivity contribution in [3.05, 3.63) is 60.2 Å². The van der Waals surface area contributed by atoms with Crippen LogP contribution in [0.4, 0.5) is 11.4 Å². The number of thioether (sulfide) groups is 1. The third-order valence-electron chi connectivity index (χ3n) is 7.11. The lowest BCUT2D eigenvalue weighted by Gasteiger charge is -2.36. The minimum Gasteiger partial charge on any atom is -0.385 e. The highest BCUT2D eigenvalue weighted by Crippen LogP contribution is 2.34. The van der Waals surface area contributed by atoms with E-state index in [1.54, 1.807) is 7.11 Å². The number of nitrogens with one attached hydrogen (secondary N) is 1. The quantitative estimate of drug-likeness (QED) is 0.447. The summed E-state index contributed by atoms with van der Waals surface area (Å²) in [7, 11) is 1.62. The van der Waals surface area contributed by atoms with Crippen molar-refractivity contribution in [3.8, 4) is 0 Å². The van der Waals surface area contributed by atoms with E-state index in [9.17, 15) is 14.4 Å². The summed E-state index contributed by atoms with van der Waals surface area (Å²) in [5.41, 5.74) is 2.65. The molecule has 0 spiro atoms. The summed E-state index contributed by atoms with van der Waals surface area (Å²) < 4.78 is 5.01. The fraction of sp³-hybridized carbons (Fsp3) is 0.414. The standard InChI is InChI=1S/C29H34N6O4S/c1-39-19-7-14-30-25(36)20-40-29-32-23-11-6-5-10-22(23)27-31-24(28(38)35(27)29)12-13-26(37)34-17-15-33(16-18-34)21-8-3-2-4-9-21/h2-6,8-11,24H,7,12-20H2,1H3,(H,30,36). The van der Waals surface area contributed by atoms with E-state index in [4.69, 9.17) is 9.73 Å². The van der Waals surface area contributed by atoms with Crippen LogP contribution in [-0.4, -0.2) is 96.8 Å². The molecule has 2 aromatic rings. The van der Waals surface area contributed by atoms with Crippen LogP contribution in [-0.2, 0) is 19.1 Å². The van der Waals surface area contributed by atoms with Gasteiger partial charge in [-0.2, -0.15) is 0 Å². The van der Waals surface area contributed by atoms with Crippen LogP contribution in [0, 0.1) is 0 Å². The van der Waals surface area contributed by atoms with E-state index in [2.05, 4.69) is 27.3 Å². The molecule has 1 N–H and O–H groups in total. The number of amides is 3. The Hall–Kier alpha value is -3.70. The molecule has 210 valence electrons. The molecule has 1 unspecified atom stereocenters. The Kier molecular flexibility index (Phi) is 9.12. The number of hydrogen-bond donors (Lipinski definition) is 1. The maximum Gasteiger partial charge on any atom is 0.259 e. The number of methoxy groups -OCH3 is 1. The number of aliphatic imine (C=N–C) groups is 2. The number of hydrogen-bond acceptors (Lipinski definition) is 8.